The third kappa shape index (κ3) is 3.54. The molecule has 19 heavy (non-hydrogen) atoms. The highest BCUT2D eigenvalue weighted by Crippen LogP contribution is 2.22. The summed E-state index contributed by atoms with van der Waals surface area (Å²) < 4.78 is 0. The monoisotopic (exact) mass is 287 g/mol. The molecular formula is C12H21N3O3S. The van der Waals surface area contributed by atoms with Gasteiger partial charge in [0.05, 0.1) is 5.88 Å². The van der Waals surface area contributed by atoms with Gasteiger partial charge in [0.1, 0.15) is 6.04 Å². The minimum atomic E-state index is -0.911. The lowest BCUT2D eigenvalue weighted by Gasteiger charge is -2.28. The molecule has 2 saturated heterocycles. The SMILES string of the molecule is CN(CCN1CCCC1)C(=O)N1CSCC1C(=O)O. The predicted octanol–water partition coefficient (Wildman–Crippen LogP) is 0.593. The first-order valence-electron chi connectivity index (χ1n) is 6.64. The second kappa shape index (κ2) is 6.47. The van der Waals surface area contributed by atoms with Gasteiger partial charge in [-0.2, -0.15) is 0 Å². The van der Waals surface area contributed by atoms with E-state index in [1.807, 2.05) is 0 Å². The van der Waals surface area contributed by atoms with Crippen LogP contribution >= 0.6 is 11.8 Å². The first-order valence-corrected chi connectivity index (χ1v) is 7.79. The van der Waals surface area contributed by atoms with Gasteiger partial charge in [0, 0.05) is 25.9 Å². The van der Waals surface area contributed by atoms with Crippen LogP contribution in [0.4, 0.5) is 4.79 Å². The number of likely N-dealkylation sites (tertiary alicyclic amines) is 1. The number of amides is 2. The van der Waals surface area contributed by atoms with Crippen LogP contribution in [0.3, 0.4) is 0 Å². The molecule has 7 heteroatoms. The molecule has 0 aromatic heterocycles. The molecule has 2 amide bonds. The summed E-state index contributed by atoms with van der Waals surface area (Å²) in [5, 5.41) is 9.08. The van der Waals surface area contributed by atoms with E-state index in [1.165, 1.54) is 29.5 Å². The van der Waals surface area contributed by atoms with Crippen molar-refractivity contribution in [1.29, 1.82) is 0 Å². The van der Waals surface area contributed by atoms with E-state index in [0.29, 0.717) is 18.2 Å². The molecule has 0 bridgehead atoms. The van der Waals surface area contributed by atoms with Crippen molar-refractivity contribution in [3.05, 3.63) is 0 Å². The number of nitrogens with zero attached hydrogens (tertiary/aromatic N) is 3. The molecule has 0 aliphatic carbocycles. The Hall–Kier alpha value is -0.950. The standard InChI is InChI=1S/C12H21N3O3S/c1-13(6-7-14-4-2-3-5-14)12(18)15-9-19-8-10(15)11(16)17/h10H,2-9H2,1H3,(H,16,17). The van der Waals surface area contributed by atoms with Crippen LogP contribution < -0.4 is 0 Å². The fourth-order valence-corrected chi connectivity index (χ4v) is 3.59. The van der Waals surface area contributed by atoms with Crippen molar-refractivity contribution >= 4 is 23.8 Å². The average Bonchev–Trinajstić information content (AvgIpc) is 3.05. The first kappa shape index (κ1) is 14.5. The van der Waals surface area contributed by atoms with Gasteiger partial charge in [-0.3, -0.25) is 0 Å². The summed E-state index contributed by atoms with van der Waals surface area (Å²) in [7, 11) is 1.75. The number of hydrogen-bond donors (Lipinski definition) is 1. The summed E-state index contributed by atoms with van der Waals surface area (Å²) in [6.45, 7) is 3.76. The highest BCUT2D eigenvalue weighted by molar-refractivity contribution is 7.99. The highest BCUT2D eigenvalue weighted by atomic mass is 32.2. The van der Waals surface area contributed by atoms with Crippen molar-refractivity contribution in [3.8, 4) is 0 Å². The predicted molar refractivity (Wildman–Crippen MR) is 74.3 cm³/mol. The molecule has 0 radical (unpaired) electrons. The second-order valence-corrected chi connectivity index (χ2v) is 6.08. The first-order chi connectivity index (χ1) is 9.09. The van der Waals surface area contributed by atoms with Crippen LogP contribution in [0.1, 0.15) is 12.8 Å². The Bertz CT molecular complexity index is 347. The molecule has 2 rings (SSSR count). The maximum absolute atomic E-state index is 12.2. The van der Waals surface area contributed by atoms with Gasteiger partial charge < -0.3 is 19.8 Å². The van der Waals surface area contributed by atoms with Crippen LogP contribution in [0.5, 0.6) is 0 Å². The van der Waals surface area contributed by atoms with E-state index < -0.39 is 12.0 Å². The van der Waals surface area contributed by atoms with Gasteiger partial charge >= 0.3 is 12.0 Å². The number of rotatable bonds is 4. The Kier molecular flexibility index (Phi) is 4.93. The van der Waals surface area contributed by atoms with Gasteiger partial charge in [0.25, 0.3) is 0 Å². The zero-order valence-electron chi connectivity index (χ0n) is 11.2. The minimum Gasteiger partial charge on any atom is -0.480 e. The molecule has 2 fully saturated rings. The number of aliphatic carboxylic acids is 1. The molecule has 108 valence electrons. The zero-order valence-corrected chi connectivity index (χ0v) is 12.1. The van der Waals surface area contributed by atoms with E-state index in [0.717, 1.165) is 19.6 Å². The van der Waals surface area contributed by atoms with E-state index in [-0.39, 0.29) is 6.03 Å². The average molecular weight is 287 g/mol. The molecule has 2 aliphatic rings. The van der Waals surface area contributed by atoms with Gasteiger partial charge in [-0.05, 0) is 25.9 Å². The third-order valence-corrected chi connectivity index (χ3v) is 4.70. The number of hydrogen-bond acceptors (Lipinski definition) is 4. The smallest absolute Gasteiger partial charge is 0.327 e. The number of urea groups is 1. The second-order valence-electron chi connectivity index (χ2n) is 5.08. The number of carbonyl (C=O) groups excluding carboxylic acids is 1. The lowest BCUT2D eigenvalue weighted by molar-refractivity contribution is -0.140. The van der Waals surface area contributed by atoms with Crippen LogP contribution in [0.2, 0.25) is 0 Å². The Morgan fingerprint density at radius 3 is 2.68 bits per heavy atom. The van der Waals surface area contributed by atoms with Crippen LogP contribution in [-0.4, -0.2) is 82.7 Å². The van der Waals surface area contributed by atoms with Crippen molar-refractivity contribution in [2.45, 2.75) is 18.9 Å². The van der Waals surface area contributed by atoms with Crippen molar-refractivity contribution in [3.63, 3.8) is 0 Å². The molecule has 0 aromatic rings. The largest absolute Gasteiger partial charge is 0.480 e. The Morgan fingerprint density at radius 1 is 1.37 bits per heavy atom. The molecule has 0 saturated carbocycles. The summed E-state index contributed by atoms with van der Waals surface area (Å²) in [4.78, 5) is 28.7. The number of likely N-dealkylation sites (N-methyl/N-ethyl adjacent to an activating group) is 1. The van der Waals surface area contributed by atoms with E-state index >= 15 is 0 Å². The lowest BCUT2D eigenvalue weighted by atomic mass is 10.3. The summed E-state index contributed by atoms with van der Waals surface area (Å²) in [6.07, 6.45) is 2.48. The fraction of sp³-hybridized carbons (Fsp3) is 0.833. The molecule has 6 nitrogen and oxygen atoms in total. The quantitative estimate of drug-likeness (QED) is 0.820. The van der Waals surface area contributed by atoms with Gasteiger partial charge in [0.2, 0.25) is 0 Å². The summed E-state index contributed by atoms with van der Waals surface area (Å²) in [6, 6.07) is -0.844. The van der Waals surface area contributed by atoms with Gasteiger partial charge in [-0.25, -0.2) is 9.59 Å². The minimum absolute atomic E-state index is 0.170. The van der Waals surface area contributed by atoms with E-state index in [1.54, 1.807) is 11.9 Å². The normalized spacial score (nSPS) is 23.8. The topological polar surface area (TPSA) is 64.1 Å². The van der Waals surface area contributed by atoms with Crippen molar-refractivity contribution < 1.29 is 14.7 Å². The third-order valence-electron chi connectivity index (χ3n) is 3.69. The van der Waals surface area contributed by atoms with Gasteiger partial charge in [-0.15, -0.1) is 11.8 Å². The Morgan fingerprint density at radius 2 is 2.05 bits per heavy atom. The number of carbonyl (C=O) groups is 2. The summed E-state index contributed by atoms with van der Waals surface area (Å²) in [5.74, 6) is 0.0523. The molecule has 1 unspecified atom stereocenters. The maximum Gasteiger partial charge on any atom is 0.327 e. The number of carboxylic acids is 1. The molecule has 0 aromatic carbocycles. The molecule has 1 atom stereocenters. The van der Waals surface area contributed by atoms with Crippen LogP contribution in [0.25, 0.3) is 0 Å². The molecule has 2 aliphatic heterocycles. The van der Waals surface area contributed by atoms with E-state index in [2.05, 4.69) is 4.90 Å². The number of thioether (sulfide) groups is 1. The zero-order chi connectivity index (χ0) is 13.8. The number of carboxylic acid groups (broad SMARTS) is 1. The maximum atomic E-state index is 12.2. The molecular weight excluding hydrogens is 266 g/mol. The molecule has 0 spiro atoms. The molecule has 2 heterocycles. The van der Waals surface area contributed by atoms with Crippen molar-refractivity contribution in [2.75, 3.05) is 44.9 Å². The van der Waals surface area contributed by atoms with E-state index in [4.69, 9.17) is 5.11 Å². The Balaban J connectivity index is 1.82. The van der Waals surface area contributed by atoms with Gasteiger partial charge in [-0.1, -0.05) is 0 Å². The van der Waals surface area contributed by atoms with Crippen LogP contribution in [-0.2, 0) is 4.79 Å². The lowest BCUT2D eigenvalue weighted by Crippen LogP contribution is -2.48. The van der Waals surface area contributed by atoms with Crippen molar-refractivity contribution in [2.24, 2.45) is 0 Å². The van der Waals surface area contributed by atoms with E-state index in [9.17, 15) is 9.59 Å². The summed E-state index contributed by atoms with van der Waals surface area (Å²) in [5.41, 5.74) is 0. The highest BCUT2D eigenvalue weighted by Gasteiger charge is 2.35. The van der Waals surface area contributed by atoms with Crippen molar-refractivity contribution in [1.82, 2.24) is 14.7 Å². The summed E-state index contributed by atoms with van der Waals surface area (Å²) >= 11 is 1.49. The fourth-order valence-electron chi connectivity index (χ4n) is 2.45. The molecule has 1 N–H and O–H groups in total. The Labute approximate surface area is 117 Å². The van der Waals surface area contributed by atoms with Crippen LogP contribution in [0, 0.1) is 0 Å². The van der Waals surface area contributed by atoms with Crippen LogP contribution in [0.15, 0.2) is 0 Å². The van der Waals surface area contributed by atoms with Gasteiger partial charge in [0.15, 0.2) is 0 Å².